The van der Waals surface area contributed by atoms with Gasteiger partial charge in [0.25, 0.3) is 0 Å². The molecular formula is C17H24OS. The van der Waals surface area contributed by atoms with Gasteiger partial charge in [0, 0.05) is 10.5 Å². The molecule has 104 valence electrons. The Morgan fingerprint density at radius 1 is 1.32 bits per heavy atom. The van der Waals surface area contributed by atoms with Crippen molar-refractivity contribution in [3.63, 3.8) is 0 Å². The molecule has 1 aromatic rings. The van der Waals surface area contributed by atoms with Gasteiger partial charge in [0.05, 0.1) is 0 Å². The Morgan fingerprint density at radius 2 is 2.11 bits per heavy atom. The molecule has 2 heteroatoms. The average molecular weight is 276 g/mol. The minimum atomic E-state index is -0.505. The molecule has 0 heterocycles. The van der Waals surface area contributed by atoms with E-state index in [1.54, 1.807) is 11.8 Å². The second-order valence-electron chi connectivity index (χ2n) is 4.76. The highest BCUT2D eigenvalue weighted by Crippen LogP contribution is 2.17. The summed E-state index contributed by atoms with van der Waals surface area (Å²) >= 11 is 1.71. The number of hydrogen-bond donors (Lipinski definition) is 1. The number of thioether (sulfide) groups is 1. The molecule has 0 fully saturated rings. The molecule has 2 atom stereocenters. The van der Waals surface area contributed by atoms with E-state index >= 15 is 0 Å². The molecule has 0 aliphatic heterocycles. The first-order valence-corrected chi connectivity index (χ1v) is 8.27. The number of hydrogen-bond acceptors (Lipinski definition) is 2. The maximum atomic E-state index is 10.1. The summed E-state index contributed by atoms with van der Waals surface area (Å²) in [7, 11) is 0. The quantitative estimate of drug-likeness (QED) is 0.616. The third kappa shape index (κ3) is 5.72. The topological polar surface area (TPSA) is 20.2 Å². The van der Waals surface area contributed by atoms with Crippen LogP contribution in [0.5, 0.6) is 0 Å². The van der Waals surface area contributed by atoms with E-state index in [9.17, 15) is 5.11 Å². The summed E-state index contributed by atoms with van der Waals surface area (Å²) in [5.41, 5.74) is 0.983. The molecule has 0 saturated heterocycles. The number of benzene rings is 1. The molecule has 2 unspecified atom stereocenters. The van der Waals surface area contributed by atoms with Gasteiger partial charge in [-0.25, -0.2) is 0 Å². The summed E-state index contributed by atoms with van der Waals surface area (Å²) in [5.74, 6) is 6.41. The Hall–Kier alpha value is -0.910. The predicted molar refractivity (Wildman–Crippen MR) is 84.4 cm³/mol. The maximum absolute atomic E-state index is 10.1. The van der Waals surface area contributed by atoms with Crippen LogP contribution in [0.3, 0.4) is 0 Å². The summed E-state index contributed by atoms with van der Waals surface area (Å²) in [6, 6.07) is 8.14. The lowest BCUT2D eigenvalue weighted by Gasteiger charge is -2.16. The zero-order valence-corrected chi connectivity index (χ0v) is 13.0. The molecule has 0 radical (unpaired) electrons. The molecule has 0 amide bonds. The van der Waals surface area contributed by atoms with Gasteiger partial charge < -0.3 is 5.11 Å². The Morgan fingerprint density at radius 3 is 2.74 bits per heavy atom. The van der Waals surface area contributed by atoms with Crippen molar-refractivity contribution in [2.75, 3.05) is 6.26 Å². The first kappa shape index (κ1) is 16.1. The average Bonchev–Trinajstić information content (AvgIpc) is 2.46. The maximum Gasteiger partial charge on any atom is 0.117 e. The van der Waals surface area contributed by atoms with Crippen molar-refractivity contribution in [3.05, 3.63) is 29.8 Å². The molecule has 1 aromatic carbocycles. The second-order valence-corrected chi connectivity index (χ2v) is 5.64. The predicted octanol–water partition coefficient (Wildman–Crippen LogP) is 4.34. The van der Waals surface area contributed by atoms with E-state index in [0.717, 1.165) is 18.4 Å². The molecular weight excluding hydrogens is 252 g/mol. The number of rotatable bonds is 6. The monoisotopic (exact) mass is 276 g/mol. The molecule has 1 N–H and O–H groups in total. The lowest BCUT2D eigenvalue weighted by Crippen LogP contribution is -2.17. The van der Waals surface area contributed by atoms with Crippen molar-refractivity contribution >= 4 is 11.8 Å². The van der Waals surface area contributed by atoms with Gasteiger partial charge in [-0.05, 0) is 43.2 Å². The van der Waals surface area contributed by atoms with Crippen molar-refractivity contribution in [3.8, 4) is 11.8 Å². The fourth-order valence-electron chi connectivity index (χ4n) is 2.03. The first-order valence-electron chi connectivity index (χ1n) is 7.04. The van der Waals surface area contributed by atoms with Crippen LogP contribution in [-0.2, 0) is 0 Å². The van der Waals surface area contributed by atoms with Gasteiger partial charge in [-0.15, -0.1) is 11.8 Å². The number of aliphatic hydroxyl groups is 1. The van der Waals surface area contributed by atoms with E-state index in [-0.39, 0.29) is 0 Å². The Kier molecular flexibility index (Phi) is 7.70. The van der Waals surface area contributed by atoms with Crippen molar-refractivity contribution in [2.45, 2.75) is 50.5 Å². The molecule has 0 bridgehead atoms. The SMILES string of the molecule is CCCCC(CC)C(O)C#Cc1cccc(SC)c1. The van der Waals surface area contributed by atoms with Gasteiger partial charge in [0.2, 0.25) is 0 Å². The molecule has 0 aromatic heterocycles. The minimum Gasteiger partial charge on any atom is -0.380 e. The van der Waals surface area contributed by atoms with Crippen LogP contribution in [0.25, 0.3) is 0 Å². The van der Waals surface area contributed by atoms with Crippen molar-refractivity contribution < 1.29 is 5.11 Å². The summed E-state index contributed by atoms with van der Waals surface area (Å²) < 4.78 is 0. The molecule has 0 aliphatic carbocycles. The summed E-state index contributed by atoms with van der Waals surface area (Å²) in [6.07, 6.45) is 5.94. The van der Waals surface area contributed by atoms with Crippen molar-refractivity contribution in [2.24, 2.45) is 5.92 Å². The molecule has 0 spiro atoms. The highest BCUT2D eigenvalue weighted by Gasteiger charge is 2.14. The minimum absolute atomic E-state index is 0.302. The molecule has 1 rings (SSSR count). The number of aliphatic hydroxyl groups excluding tert-OH is 1. The Balaban J connectivity index is 2.68. The van der Waals surface area contributed by atoms with Crippen LogP contribution < -0.4 is 0 Å². The van der Waals surface area contributed by atoms with Gasteiger partial charge >= 0.3 is 0 Å². The van der Waals surface area contributed by atoms with E-state index in [2.05, 4.69) is 44.1 Å². The zero-order chi connectivity index (χ0) is 14.1. The van der Waals surface area contributed by atoms with Crippen molar-refractivity contribution in [1.82, 2.24) is 0 Å². The molecule has 0 aliphatic rings. The number of unbranched alkanes of at least 4 members (excludes halogenated alkanes) is 1. The van der Waals surface area contributed by atoms with Crippen LogP contribution >= 0.6 is 11.8 Å². The Labute approximate surface area is 121 Å². The fraction of sp³-hybridized carbons (Fsp3) is 0.529. The van der Waals surface area contributed by atoms with Crippen LogP contribution in [0.1, 0.15) is 45.1 Å². The van der Waals surface area contributed by atoms with Crippen LogP contribution in [0.15, 0.2) is 29.2 Å². The molecule has 0 saturated carbocycles. The van der Waals surface area contributed by atoms with Crippen LogP contribution in [0.4, 0.5) is 0 Å². The summed E-state index contributed by atoms with van der Waals surface area (Å²) in [4.78, 5) is 1.21. The van der Waals surface area contributed by atoms with Crippen LogP contribution in [0, 0.1) is 17.8 Å². The van der Waals surface area contributed by atoms with Crippen molar-refractivity contribution in [1.29, 1.82) is 0 Å². The summed E-state index contributed by atoms with van der Waals surface area (Å²) in [5, 5.41) is 10.1. The van der Waals surface area contributed by atoms with Gasteiger partial charge in [0.1, 0.15) is 6.10 Å². The van der Waals surface area contributed by atoms with E-state index < -0.39 is 6.10 Å². The fourth-order valence-corrected chi connectivity index (χ4v) is 2.49. The Bertz CT molecular complexity index is 430. The largest absolute Gasteiger partial charge is 0.380 e. The third-order valence-electron chi connectivity index (χ3n) is 3.33. The molecule has 1 nitrogen and oxygen atoms in total. The smallest absolute Gasteiger partial charge is 0.117 e. The highest BCUT2D eigenvalue weighted by atomic mass is 32.2. The van der Waals surface area contributed by atoms with E-state index in [0.29, 0.717) is 5.92 Å². The zero-order valence-electron chi connectivity index (χ0n) is 12.1. The second kappa shape index (κ2) is 9.07. The standard InChI is InChI=1S/C17H24OS/c1-4-6-9-15(5-2)17(18)12-11-14-8-7-10-16(13-14)19-3/h7-8,10,13,15,17-18H,4-6,9H2,1-3H3. The normalized spacial score (nSPS) is 13.5. The van der Waals surface area contributed by atoms with Gasteiger partial charge in [-0.3, -0.25) is 0 Å². The highest BCUT2D eigenvalue weighted by molar-refractivity contribution is 7.98. The first-order chi connectivity index (χ1) is 9.21. The van der Waals surface area contributed by atoms with Gasteiger partial charge in [0.15, 0.2) is 0 Å². The summed E-state index contributed by atoms with van der Waals surface area (Å²) in [6.45, 7) is 4.30. The lowest BCUT2D eigenvalue weighted by molar-refractivity contribution is 0.150. The van der Waals surface area contributed by atoms with E-state index in [1.807, 2.05) is 12.1 Å². The lowest BCUT2D eigenvalue weighted by atomic mass is 9.93. The van der Waals surface area contributed by atoms with Gasteiger partial charge in [-0.1, -0.05) is 44.6 Å². The molecule has 19 heavy (non-hydrogen) atoms. The van der Waals surface area contributed by atoms with E-state index in [4.69, 9.17) is 0 Å². The van der Waals surface area contributed by atoms with Gasteiger partial charge in [-0.2, -0.15) is 0 Å². The van der Waals surface area contributed by atoms with Crippen LogP contribution in [-0.4, -0.2) is 17.5 Å². The van der Waals surface area contributed by atoms with E-state index in [1.165, 1.54) is 17.7 Å². The van der Waals surface area contributed by atoms with Crippen LogP contribution in [0.2, 0.25) is 0 Å². The third-order valence-corrected chi connectivity index (χ3v) is 4.06.